The molecule has 42 heavy (non-hydrogen) atoms. The third kappa shape index (κ3) is 5.63. The number of rotatable bonds is 7. The number of ketones is 1. The molecule has 2 aromatic rings. The fourth-order valence-corrected chi connectivity index (χ4v) is 5.46. The number of fused-ring (bicyclic) bond motifs is 2. The van der Waals surface area contributed by atoms with E-state index in [0.29, 0.717) is 16.9 Å². The van der Waals surface area contributed by atoms with Crippen LogP contribution in [-0.4, -0.2) is 69.4 Å². The smallest absolute Gasteiger partial charge is 0.411 e. The monoisotopic (exact) mass is 586 g/mol. The van der Waals surface area contributed by atoms with Gasteiger partial charge in [0.15, 0.2) is 11.4 Å². The van der Waals surface area contributed by atoms with Gasteiger partial charge in [0, 0.05) is 18.7 Å². The van der Waals surface area contributed by atoms with E-state index in [2.05, 4.69) is 10.3 Å². The normalized spacial score (nSPS) is 22.3. The largest absolute Gasteiger partial charge is 0.436 e. The highest BCUT2D eigenvalue weighted by Crippen LogP contribution is 2.48. The van der Waals surface area contributed by atoms with Gasteiger partial charge in [-0.15, -0.1) is 0 Å². The second-order valence-corrected chi connectivity index (χ2v) is 10.4. The number of ether oxygens (including phenoxy) is 1. The van der Waals surface area contributed by atoms with Gasteiger partial charge in [0.05, 0.1) is 12.2 Å². The Labute approximate surface area is 237 Å². The molecule has 3 amide bonds. The van der Waals surface area contributed by atoms with E-state index >= 15 is 0 Å². The van der Waals surface area contributed by atoms with E-state index in [1.807, 2.05) is 0 Å². The molecule has 1 saturated heterocycles. The molecule has 2 fully saturated rings. The molecule has 5 rings (SSSR count). The number of carbonyl (C=O) groups is 4. The molecule has 9 nitrogen and oxygen atoms in total. The van der Waals surface area contributed by atoms with Crippen molar-refractivity contribution in [3.63, 3.8) is 0 Å². The van der Waals surface area contributed by atoms with Crippen LogP contribution < -0.4 is 5.32 Å². The van der Waals surface area contributed by atoms with Crippen LogP contribution in [0.15, 0.2) is 72.1 Å². The predicted molar refractivity (Wildman–Crippen MR) is 139 cm³/mol. The third-order valence-corrected chi connectivity index (χ3v) is 7.74. The second-order valence-electron chi connectivity index (χ2n) is 10.4. The Balaban J connectivity index is 1.31. The average Bonchev–Trinajstić information content (AvgIpc) is 3.47. The molecule has 3 aliphatic rings. The van der Waals surface area contributed by atoms with Crippen LogP contribution >= 0.6 is 0 Å². The highest BCUT2D eigenvalue weighted by molar-refractivity contribution is 6.06. The van der Waals surface area contributed by atoms with Crippen molar-refractivity contribution in [3.05, 3.63) is 89.2 Å². The number of pyridine rings is 1. The third-order valence-electron chi connectivity index (χ3n) is 7.74. The molecule has 1 aliphatic heterocycles. The van der Waals surface area contributed by atoms with Crippen LogP contribution in [0.2, 0.25) is 0 Å². The minimum atomic E-state index is -4.75. The lowest BCUT2D eigenvalue weighted by Gasteiger charge is -2.32. The van der Waals surface area contributed by atoms with Gasteiger partial charge in [0.25, 0.3) is 5.91 Å². The molecule has 3 atom stereocenters. The van der Waals surface area contributed by atoms with E-state index in [1.54, 1.807) is 18.2 Å². The molecule has 1 saturated carbocycles. The summed E-state index contributed by atoms with van der Waals surface area (Å²) in [6, 6.07) is 7.33. The quantitative estimate of drug-likeness (QED) is 0.493. The van der Waals surface area contributed by atoms with E-state index in [1.165, 1.54) is 30.5 Å². The van der Waals surface area contributed by atoms with Crippen LogP contribution in [-0.2, 0) is 20.9 Å². The number of amides is 3. The highest BCUT2D eigenvalue weighted by Gasteiger charge is 2.56. The molecule has 2 aliphatic carbocycles. The number of benzene rings is 1. The maximum atomic E-state index is 13.7. The SMILES string of the molecule is C[C@H](N(Cc1ccc(F)cc1)C(=O)CN1C[C@]2(CCC3C(=O)C(NC(=O)c4ccccn4)=CC=C32)OC1=O)C(F)(F)F. The molecule has 1 aromatic heterocycles. The van der Waals surface area contributed by atoms with Crippen molar-refractivity contribution >= 4 is 23.7 Å². The lowest BCUT2D eigenvalue weighted by molar-refractivity contribution is -0.187. The summed E-state index contributed by atoms with van der Waals surface area (Å²) in [5.41, 5.74) is -0.267. The van der Waals surface area contributed by atoms with Crippen LogP contribution in [0.5, 0.6) is 0 Å². The van der Waals surface area contributed by atoms with Gasteiger partial charge in [-0.1, -0.05) is 24.3 Å². The Bertz CT molecular complexity index is 1480. The van der Waals surface area contributed by atoms with Crippen molar-refractivity contribution in [1.29, 1.82) is 0 Å². The number of halogens is 4. The zero-order valence-electron chi connectivity index (χ0n) is 22.4. The standard InChI is InChI=1S/C29H26F4N4O5/c1-17(29(31,32)33)37(14-18-5-7-19(30)8-6-18)24(38)15-36-16-28(42-27(36)41)12-11-20-21(28)9-10-22(25(20)39)35-26(40)23-4-2-3-13-34-23/h2-10,13,17,20H,11-12,14-16H2,1H3,(H,35,40)/t17-,20?,28-/m0/s1. The van der Waals surface area contributed by atoms with Crippen molar-refractivity contribution < 1.29 is 41.5 Å². The van der Waals surface area contributed by atoms with Gasteiger partial charge in [-0.05, 0) is 61.2 Å². The van der Waals surface area contributed by atoms with Crippen molar-refractivity contribution in [2.24, 2.45) is 5.92 Å². The summed E-state index contributed by atoms with van der Waals surface area (Å²) in [4.78, 5) is 57.3. The van der Waals surface area contributed by atoms with E-state index in [4.69, 9.17) is 4.74 Å². The minimum absolute atomic E-state index is 0.0605. The fraction of sp³-hybridized carbons (Fsp3) is 0.345. The van der Waals surface area contributed by atoms with Gasteiger partial charge < -0.3 is 15.0 Å². The fourth-order valence-electron chi connectivity index (χ4n) is 5.46. The molecule has 1 N–H and O–H groups in total. The van der Waals surface area contributed by atoms with Crippen molar-refractivity contribution in [1.82, 2.24) is 20.1 Å². The molecule has 1 unspecified atom stereocenters. The zero-order valence-corrected chi connectivity index (χ0v) is 22.4. The first-order chi connectivity index (χ1) is 19.9. The summed E-state index contributed by atoms with van der Waals surface area (Å²) in [5.74, 6) is -3.16. The first-order valence-electron chi connectivity index (χ1n) is 13.2. The Hall–Kier alpha value is -4.55. The molecule has 1 aromatic carbocycles. The summed E-state index contributed by atoms with van der Waals surface area (Å²) in [7, 11) is 0. The number of nitrogens with one attached hydrogen (secondary N) is 1. The number of allylic oxidation sites excluding steroid dienone is 3. The van der Waals surface area contributed by atoms with E-state index in [0.717, 1.165) is 24.0 Å². The maximum Gasteiger partial charge on any atom is 0.411 e. The van der Waals surface area contributed by atoms with Crippen molar-refractivity contribution in [2.75, 3.05) is 13.1 Å². The van der Waals surface area contributed by atoms with Gasteiger partial charge >= 0.3 is 12.3 Å². The number of hydrogen-bond acceptors (Lipinski definition) is 6. The summed E-state index contributed by atoms with van der Waals surface area (Å²) < 4.78 is 59.9. The van der Waals surface area contributed by atoms with E-state index < -0.39 is 60.6 Å². The van der Waals surface area contributed by atoms with Gasteiger partial charge in [0.2, 0.25) is 5.91 Å². The first-order valence-corrected chi connectivity index (χ1v) is 13.2. The lowest BCUT2D eigenvalue weighted by Crippen LogP contribution is -2.50. The molecule has 0 radical (unpaired) electrons. The van der Waals surface area contributed by atoms with Crippen LogP contribution in [0.3, 0.4) is 0 Å². The molecule has 1 spiro atoms. The molecular formula is C29H26F4N4O5. The minimum Gasteiger partial charge on any atom is -0.436 e. The summed E-state index contributed by atoms with van der Waals surface area (Å²) in [6.07, 6.45) is -0.627. The van der Waals surface area contributed by atoms with Crippen molar-refractivity contribution in [2.45, 2.75) is 44.1 Å². The summed E-state index contributed by atoms with van der Waals surface area (Å²) >= 11 is 0. The lowest BCUT2D eigenvalue weighted by atomic mass is 9.85. The van der Waals surface area contributed by atoms with Crippen molar-refractivity contribution in [3.8, 4) is 0 Å². The molecule has 0 bridgehead atoms. The Morgan fingerprint density at radius 1 is 1.17 bits per heavy atom. The van der Waals surface area contributed by atoms with Crippen LogP contribution in [0, 0.1) is 11.7 Å². The number of nitrogens with zero attached hydrogens (tertiary/aromatic N) is 3. The van der Waals surface area contributed by atoms with Crippen LogP contribution in [0.4, 0.5) is 22.4 Å². The second kappa shape index (κ2) is 11.0. The number of Topliss-reactive ketones (excluding diaryl/α,β-unsaturated/α-hetero) is 1. The Morgan fingerprint density at radius 3 is 2.57 bits per heavy atom. The topological polar surface area (TPSA) is 109 Å². The molecular weight excluding hydrogens is 560 g/mol. The highest BCUT2D eigenvalue weighted by atomic mass is 19.4. The number of carbonyl (C=O) groups excluding carboxylic acids is 4. The summed E-state index contributed by atoms with van der Waals surface area (Å²) in [5, 5.41) is 2.56. The number of alkyl halides is 3. The Kier molecular flexibility index (Phi) is 7.60. The van der Waals surface area contributed by atoms with E-state index in [-0.39, 0.29) is 35.7 Å². The van der Waals surface area contributed by atoms with Gasteiger partial charge in [-0.25, -0.2) is 9.18 Å². The number of hydrogen-bond donors (Lipinski definition) is 1. The van der Waals surface area contributed by atoms with Crippen LogP contribution in [0.1, 0.15) is 35.8 Å². The first kappa shape index (κ1) is 29.0. The van der Waals surface area contributed by atoms with Gasteiger partial charge in [-0.3, -0.25) is 24.3 Å². The molecule has 2 heterocycles. The molecule has 13 heteroatoms. The number of aromatic nitrogens is 1. The predicted octanol–water partition coefficient (Wildman–Crippen LogP) is 3.92. The average molecular weight is 587 g/mol. The maximum absolute atomic E-state index is 13.7. The molecule has 220 valence electrons. The zero-order chi connectivity index (χ0) is 30.2. The van der Waals surface area contributed by atoms with Gasteiger partial charge in [-0.2, -0.15) is 13.2 Å². The summed E-state index contributed by atoms with van der Waals surface area (Å²) in [6.45, 7) is -0.439. The Morgan fingerprint density at radius 2 is 1.90 bits per heavy atom. The van der Waals surface area contributed by atoms with Gasteiger partial charge in [0.1, 0.15) is 24.1 Å². The van der Waals surface area contributed by atoms with Crippen LogP contribution in [0.25, 0.3) is 0 Å². The van der Waals surface area contributed by atoms with E-state index in [9.17, 15) is 36.7 Å².